The van der Waals surface area contributed by atoms with Gasteiger partial charge in [-0.25, -0.2) is 0 Å². The van der Waals surface area contributed by atoms with E-state index in [2.05, 4.69) is 30.6 Å². The summed E-state index contributed by atoms with van der Waals surface area (Å²) in [6, 6.07) is 8.09. The van der Waals surface area contributed by atoms with E-state index in [1.54, 1.807) is 6.08 Å². The van der Waals surface area contributed by atoms with Gasteiger partial charge in [-0.05, 0) is 31.2 Å². The number of allylic oxidation sites excluding steroid dienone is 5. The molecule has 0 amide bonds. The zero-order chi connectivity index (χ0) is 14.1. The number of hydrogen-bond donors (Lipinski definition) is 1. The van der Waals surface area contributed by atoms with Crippen LogP contribution in [0.15, 0.2) is 73.0 Å². The Bertz CT molecular complexity index is 615. The standard InChI is InChI=1S/C18H21N/c1-5-8-13-16(7-3)19-18(11-6-2)17-14-10-9-12-15(17)4/h5-14,19H,1,4H2,2-3H3/b11-6-,13-8-,16-7+,18-17+. The molecule has 1 nitrogen and oxygen atoms in total. The molecule has 1 heteroatoms. The fourth-order valence-electron chi connectivity index (χ4n) is 1.69. The third-order valence-corrected chi connectivity index (χ3v) is 2.64. The molecule has 0 aliphatic carbocycles. The molecule has 1 aromatic carbocycles. The lowest BCUT2D eigenvalue weighted by Crippen LogP contribution is -2.29. The van der Waals surface area contributed by atoms with Crippen molar-refractivity contribution in [2.24, 2.45) is 0 Å². The second kappa shape index (κ2) is 7.93. The first-order chi connectivity index (χ1) is 9.22. The van der Waals surface area contributed by atoms with Gasteiger partial charge >= 0.3 is 0 Å². The summed E-state index contributed by atoms with van der Waals surface area (Å²) in [5, 5.41) is 5.52. The Hall–Kier alpha value is -2.28. The molecule has 1 N–H and O–H groups in total. The van der Waals surface area contributed by atoms with Gasteiger partial charge in [0.1, 0.15) is 0 Å². The highest BCUT2D eigenvalue weighted by Gasteiger charge is 1.96. The van der Waals surface area contributed by atoms with Crippen molar-refractivity contribution in [3.05, 3.63) is 83.4 Å². The first kappa shape index (κ1) is 14.8. The van der Waals surface area contributed by atoms with E-state index in [0.29, 0.717) is 0 Å². The molecule has 0 bridgehead atoms. The van der Waals surface area contributed by atoms with Crippen LogP contribution >= 0.6 is 0 Å². The summed E-state index contributed by atoms with van der Waals surface area (Å²) in [6.07, 6.45) is 11.7. The van der Waals surface area contributed by atoms with Gasteiger partial charge in [0.2, 0.25) is 0 Å². The van der Waals surface area contributed by atoms with Gasteiger partial charge in [-0.2, -0.15) is 0 Å². The van der Waals surface area contributed by atoms with Gasteiger partial charge in [-0.3, -0.25) is 0 Å². The van der Waals surface area contributed by atoms with E-state index < -0.39 is 0 Å². The number of benzene rings is 1. The molecule has 0 atom stereocenters. The summed E-state index contributed by atoms with van der Waals surface area (Å²) in [5.74, 6) is 0. The minimum Gasteiger partial charge on any atom is -0.355 e. The molecule has 0 saturated heterocycles. The molecule has 0 unspecified atom stereocenters. The molecular weight excluding hydrogens is 230 g/mol. The third kappa shape index (κ3) is 4.47. The fraction of sp³-hybridized carbons (Fsp3) is 0.111. The van der Waals surface area contributed by atoms with Gasteiger partial charge in [0.25, 0.3) is 0 Å². The van der Waals surface area contributed by atoms with E-state index in [0.717, 1.165) is 21.8 Å². The zero-order valence-electron chi connectivity index (χ0n) is 11.7. The summed E-state index contributed by atoms with van der Waals surface area (Å²) in [5.41, 5.74) is 2.06. The minimum atomic E-state index is 1.01. The molecule has 0 heterocycles. The Morgan fingerprint density at radius 2 is 1.89 bits per heavy atom. The molecule has 0 aliphatic rings. The molecule has 1 aromatic rings. The molecule has 0 aliphatic heterocycles. The number of rotatable bonds is 5. The highest BCUT2D eigenvalue weighted by Crippen LogP contribution is 1.99. The lowest BCUT2D eigenvalue weighted by atomic mass is 10.2. The topological polar surface area (TPSA) is 12.0 Å². The molecule has 1 rings (SSSR count). The van der Waals surface area contributed by atoms with Crippen molar-refractivity contribution < 1.29 is 0 Å². The summed E-state index contributed by atoms with van der Waals surface area (Å²) >= 11 is 0. The van der Waals surface area contributed by atoms with Crippen LogP contribution in [0, 0.1) is 0 Å². The number of hydrogen-bond acceptors (Lipinski definition) is 1. The predicted octanol–water partition coefficient (Wildman–Crippen LogP) is 3.02. The van der Waals surface area contributed by atoms with Gasteiger partial charge < -0.3 is 5.32 Å². The maximum absolute atomic E-state index is 4.07. The lowest BCUT2D eigenvalue weighted by Gasteiger charge is -2.08. The van der Waals surface area contributed by atoms with Crippen LogP contribution < -0.4 is 15.8 Å². The molecule has 0 saturated carbocycles. The van der Waals surface area contributed by atoms with Crippen LogP contribution in [0.25, 0.3) is 12.3 Å². The van der Waals surface area contributed by atoms with Crippen molar-refractivity contribution in [2.45, 2.75) is 13.8 Å². The molecule has 0 fully saturated rings. The molecule has 0 aromatic heterocycles. The van der Waals surface area contributed by atoms with E-state index in [1.165, 1.54) is 0 Å². The Kier molecular flexibility index (Phi) is 6.17. The SMILES string of the molecule is C=C/C=C\C(=C/C)NC(/C=C\C)=c1\ccccc1=C. The fourth-order valence-corrected chi connectivity index (χ4v) is 1.69. The van der Waals surface area contributed by atoms with Crippen molar-refractivity contribution >= 4 is 12.3 Å². The van der Waals surface area contributed by atoms with Crippen LogP contribution in [0.4, 0.5) is 0 Å². The first-order valence-corrected chi connectivity index (χ1v) is 6.36. The third-order valence-electron chi connectivity index (χ3n) is 2.64. The Labute approximate surface area is 115 Å². The first-order valence-electron chi connectivity index (χ1n) is 6.36. The monoisotopic (exact) mass is 251 g/mol. The predicted molar refractivity (Wildman–Crippen MR) is 85.7 cm³/mol. The molecule has 0 radical (unpaired) electrons. The number of nitrogens with one attached hydrogen (secondary N) is 1. The van der Waals surface area contributed by atoms with Crippen LogP contribution in [0.5, 0.6) is 0 Å². The smallest absolute Gasteiger partial charge is 0.0460 e. The van der Waals surface area contributed by atoms with Crippen molar-refractivity contribution in [3.8, 4) is 0 Å². The quantitative estimate of drug-likeness (QED) is 0.793. The minimum absolute atomic E-state index is 1.01. The summed E-state index contributed by atoms with van der Waals surface area (Å²) < 4.78 is 0. The lowest BCUT2D eigenvalue weighted by molar-refractivity contribution is 1.12. The summed E-state index contributed by atoms with van der Waals surface area (Å²) in [4.78, 5) is 0. The highest BCUT2D eigenvalue weighted by atomic mass is 14.9. The molecular formula is C18H21N. The summed E-state index contributed by atoms with van der Waals surface area (Å²) in [6.45, 7) is 11.8. The zero-order valence-corrected chi connectivity index (χ0v) is 11.7. The van der Waals surface area contributed by atoms with Crippen molar-refractivity contribution in [3.63, 3.8) is 0 Å². The molecule has 19 heavy (non-hydrogen) atoms. The van der Waals surface area contributed by atoms with Crippen LogP contribution in [0.1, 0.15) is 13.8 Å². The Morgan fingerprint density at radius 3 is 2.47 bits per heavy atom. The van der Waals surface area contributed by atoms with Gasteiger partial charge in [0.05, 0.1) is 0 Å². The van der Waals surface area contributed by atoms with Crippen LogP contribution in [0.2, 0.25) is 0 Å². The Morgan fingerprint density at radius 1 is 1.16 bits per heavy atom. The molecule has 0 spiro atoms. The van der Waals surface area contributed by atoms with Crippen molar-refractivity contribution in [1.82, 2.24) is 5.32 Å². The second-order valence-corrected chi connectivity index (χ2v) is 4.03. The average Bonchev–Trinajstić information content (AvgIpc) is 2.43. The van der Waals surface area contributed by atoms with Gasteiger partial charge in [0, 0.05) is 16.6 Å². The van der Waals surface area contributed by atoms with E-state index >= 15 is 0 Å². The highest BCUT2D eigenvalue weighted by molar-refractivity contribution is 5.57. The van der Waals surface area contributed by atoms with E-state index in [4.69, 9.17) is 0 Å². The normalized spacial score (nSPS) is 13.9. The van der Waals surface area contributed by atoms with Crippen LogP contribution in [-0.4, -0.2) is 0 Å². The van der Waals surface area contributed by atoms with Crippen molar-refractivity contribution in [2.75, 3.05) is 0 Å². The van der Waals surface area contributed by atoms with Crippen LogP contribution in [-0.2, 0) is 0 Å². The van der Waals surface area contributed by atoms with Gasteiger partial charge in [0.15, 0.2) is 0 Å². The van der Waals surface area contributed by atoms with E-state index in [-0.39, 0.29) is 0 Å². The van der Waals surface area contributed by atoms with E-state index in [1.807, 2.05) is 56.4 Å². The van der Waals surface area contributed by atoms with Gasteiger partial charge in [-0.15, -0.1) is 0 Å². The maximum atomic E-state index is 4.07. The molecule has 98 valence electrons. The maximum Gasteiger partial charge on any atom is 0.0460 e. The Balaban J connectivity index is 3.28. The largest absolute Gasteiger partial charge is 0.355 e. The second-order valence-electron chi connectivity index (χ2n) is 4.03. The van der Waals surface area contributed by atoms with Gasteiger partial charge in [-0.1, -0.05) is 61.7 Å². The van der Waals surface area contributed by atoms with Crippen molar-refractivity contribution in [1.29, 1.82) is 0 Å². The van der Waals surface area contributed by atoms with E-state index in [9.17, 15) is 0 Å². The summed E-state index contributed by atoms with van der Waals surface area (Å²) in [7, 11) is 0. The van der Waals surface area contributed by atoms with Crippen LogP contribution in [0.3, 0.4) is 0 Å². The average molecular weight is 251 g/mol.